The quantitative estimate of drug-likeness (QED) is 0.178. The Bertz CT molecular complexity index is 3500. The fourth-order valence-corrected chi connectivity index (χ4v) is 8.89. The second-order valence-corrected chi connectivity index (χ2v) is 14.5. The maximum atomic E-state index is 6.75. The lowest BCUT2D eigenvalue weighted by molar-refractivity contribution is 0.668. The topological polar surface area (TPSA) is 34.5 Å². The first-order valence-electron chi connectivity index (χ1n) is 19.0. The fourth-order valence-electron chi connectivity index (χ4n) is 8.89. The van der Waals surface area contributed by atoms with Crippen LogP contribution in [0, 0.1) is 0 Å². The third-order valence-corrected chi connectivity index (χ3v) is 11.4. The maximum Gasteiger partial charge on any atom is 0.159 e. The predicted octanol–water partition coefficient (Wildman–Crippen LogP) is 14.9. The summed E-state index contributed by atoms with van der Waals surface area (Å²) in [4.78, 5) is 2.38. The molecule has 0 atom stereocenters. The smallest absolute Gasteiger partial charge is 0.159 e. The standard InChI is InChI=1S/C52H32N2O2/c1-2-13-34(14-3-1)53-45-21-9-6-17-39(45)40-28-26-35(32-48(40)53)54(47-22-12-20-44-42-19-8-11-24-50(42)56-52(44)47)46-30-29-36(37-15-4-5-16-38(37)46)33-25-27-43-41-18-7-10-23-49(41)55-51(43)31-33/h1-32H. The molecule has 56 heavy (non-hydrogen) atoms. The van der Waals surface area contributed by atoms with Crippen LogP contribution in [0.4, 0.5) is 17.1 Å². The number of benzene rings is 9. The van der Waals surface area contributed by atoms with Gasteiger partial charge in [0, 0.05) is 49.1 Å². The van der Waals surface area contributed by atoms with Gasteiger partial charge in [0.25, 0.3) is 0 Å². The zero-order chi connectivity index (χ0) is 36.7. The summed E-state index contributed by atoms with van der Waals surface area (Å²) in [5.74, 6) is 0. The molecule has 4 nitrogen and oxygen atoms in total. The monoisotopic (exact) mass is 716 g/mol. The first-order valence-corrected chi connectivity index (χ1v) is 19.0. The van der Waals surface area contributed by atoms with E-state index in [0.717, 1.165) is 94.0 Å². The van der Waals surface area contributed by atoms with Crippen LogP contribution in [0.3, 0.4) is 0 Å². The van der Waals surface area contributed by atoms with Crippen LogP contribution >= 0.6 is 0 Å². The van der Waals surface area contributed by atoms with Crippen molar-refractivity contribution in [3.8, 4) is 16.8 Å². The number of aromatic nitrogens is 1. The van der Waals surface area contributed by atoms with Crippen molar-refractivity contribution in [2.45, 2.75) is 0 Å². The Hall–Kier alpha value is -7.56. The highest BCUT2D eigenvalue weighted by Gasteiger charge is 2.23. The van der Waals surface area contributed by atoms with Gasteiger partial charge in [0.05, 0.1) is 22.4 Å². The van der Waals surface area contributed by atoms with Gasteiger partial charge in [-0.15, -0.1) is 0 Å². The Morgan fingerprint density at radius 1 is 0.357 bits per heavy atom. The van der Waals surface area contributed by atoms with E-state index in [1.807, 2.05) is 18.2 Å². The van der Waals surface area contributed by atoms with E-state index in [-0.39, 0.29) is 0 Å². The maximum absolute atomic E-state index is 6.75. The molecule has 0 fully saturated rings. The SMILES string of the molecule is c1ccc(-n2c3ccccc3c3ccc(N(c4ccc(-c5ccc6c(c5)oc5ccccc56)c5ccccc45)c4cccc5c4oc4ccccc45)cc32)cc1. The third kappa shape index (κ3) is 4.53. The van der Waals surface area contributed by atoms with Crippen molar-refractivity contribution < 1.29 is 8.83 Å². The fraction of sp³-hybridized carbons (Fsp3) is 0. The molecule has 0 spiro atoms. The highest BCUT2D eigenvalue weighted by molar-refractivity contribution is 6.15. The van der Waals surface area contributed by atoms with Gasteiger partial charge in [-0.3, -0.25) is 0 Å². The lowest BCUT2D eigenvalue weighted by Crippen LogP contribution is -2.11. The van der Waals surface area contributed by atoms with Crippen LogP contribution in [0.15, 0.2) is 203 Å². The predicted molar refractivity (Wildman–Crippen MR) is 233 cm³/mol. The van der Waals surface area contributed by atoms with Crippen molar-refractivity contribution in [1.82, 2.24) is 4.57 Å². The molecular formula is C52H32N2O2. The van der Waals surface area contributed by atoms with Crippen LogP contribution in [0.2, 0.25) is 0 Å². The Kier molecular flexibility index (Phi) is 6.60. The minimum Gasteiger partial charge on any atom is -0.456 e. The van der Waals surface area contributed by atoms with E-state index < -0.39 is 0 Å². The number of hydrogen-bond acceptors (Lipinski definition) is 3. The van der Waals surface area contributed by atoms with Crippen LogP contribution in [0.5, 0.6) is 0 Å². The Morgan fingerprint density at radius 2 is 0.982 bits per heavy atom. The van der Waals surface area contributed by atoms with Gasteiger partial charge in [-0.05, 0) is 83.2 Å². The van der Waals surface area contributed by atoms with Crippen molar-refractivity contribution in [2.24, 2.45) is 0 Å². The molecule has 0 radical (unpaired) electrons. The highest BCUT2D eigenvalue weighted by atomic mass is 16.3. The van der Waals surface area contributed by atoms with Gasteiger partial charge in [-0.2, -0.15) is 0 Å². The Labute approximate surface area is 321 Å². The van der Waals surface area contributed by atoms with Crippen LogP contribution < -0.4 is 4.90 Å². The van der Waals surface area contributed by atoms with Gasteiger partial charge in [0.2, 0.25) is 0 Å². The molecule has 3 heterocycles. The summed E-state index contributed by atoms with van der Waals surface area (Å²) in [7, 11) is 0. The van der Waals surface area contributed by atoms with E-state index >= 15 is 0 Å². The number of furan rings is 2. The number of nitrogens with zero attached hydrogens (tertiary/aromatic N) is 2. The summed E-state index contributed by atoms with van der Waals surface area (Å²) >= 11 is 0. The Balaban J connectivity index is 1.13. The van der Waals surface area contributed by atoms with Gasteiger partial charge >= 0.3 is 0 Å². The van der Waals surface area contributed by atoms with E-state index in [4.69, 9.17) is 8.83 Å². The van der Waals surface area contributed by atoms with Gasteiger partial charge in [0.15, 0.2) is 5.58 Å². The number of anilines is 3. The first kappa shape index (κ1) is 30.9. The van der Waals surface area contributed by atoms with Crippen molar-refractivity contribution in [1.29, 1.82) is 0 Å². The van der Waals surface area contributed by atoms with Crippen molar-refractivity contribution in [3.05, 3.63) is 194 Å². The van der Waals surface area contributed by atoms with Crippen LogP contribution in [0.25, 0.3) is 93.3 Å². The average molecular weight is 717 g/mol. The Morgan fingerprint density at radius 3 is 1.82 bits per heavy atom. The molecule has 0 saturated heterocycles. The van der Waals surface area contributed by atoms with E-state index in [0.29, 0.717) is 0 Å². The second kappa shape index (κ2) is 12.0. The van der Waals surface area contributed by atoms with Crippen LogP contribution in [-0.4, -0.2) is 4.57 Å². The summed E-state index contributed by atoms with van der Waals surface area (Å²) in [6.45, 7) is 0. The van der Waals surface area contributed by atoms with E-state index in [1.165, 1.54) is 16.3 Å². The van der Waals surface area contributed by atoms with Crippen LogP contribution in [-0.2, 0) is 0 Å². The van der Waals surface area contributed by atoms with Crippen molar-refractivity contribution in [2.75, 3.05) is 4.90 Å². The normalized spacial score (nSPS) is 11.9. The molecule has 262 valence electrons. The minimum absolute atomic E-state index is 0.848. The number of hydrogen-bond donors (Lipinski definition) is 0. The summed E-state index contributed by atoms with van der Waals surface area (Å²) in [6, 6.07) is 69.1. The van der Waals surface area contributed by atoms with Gasteiger partial charge in [-0.25, -0.2) is 0 Å². The molecule has 0 saturated carbocycles. The molecule has 0 N–H and O–H groups in total. The van der Waals surface area contributed by atoms with Crippen molar-refractivity contribution >= 4 is 93.5 Å². The zero-order valence-electron chi connectivity index (χ0n) is 30.2. The molecule has 0 aliphatic rings. The van der Waals surface area contributed by atoms with Crippen LogP contribution in [0.1, 0.15) is 0 Å². The van der Waals surface area contributed by atoms with E-state index in [2.05, 4.69) is 185 Å². The van der Waals surface area contributed by atoms with E-state index in [1.54, 1.807) is 0 Å². The number of fused-ring (bicyclic) bond motifs is 10. The molecule has 0 unspecified atom stereocenters. The summed E-state index contributed by atoms with van der Waals surface area (Å²) in [5, 5.41) is 9.16. The second-order valence-electron chi connectivity index (χ2n) is 14.5. The molecule has 0 aliphatic carbocycles. The van der Waals surface area contributed by atoms with Gasteiger partial charge < -0.3 is 18.3 Å². The molecule has 12 rings (SSSR count). The molecule has 0 aliphatic heterocycles. The average Bonchev–Trinajstić information content (AvgIpc) is 3.93. The van der Waals surface area contributed by atoms with Crippen molar-refractivity contribution in [3.63, 3.8) is 0 Å². The third-order valence-electron chi connectivity index (χ3n) is 11.4. The highest BCUT2D eigenvalue weighted by Crippen LogP contribution is 2.47. The lowest BCUT2D eigenvalue weighted by atomic mass is 9.95. The molecule has 4 heteroatoms. The molecule has 9 aromatic carbocycles. The van der Waals surface area contributed by atoms with Gasteiger partial charge in [0.1, 0.15) is 16.7 Å². The molecular weight excluding hydrogens is 685 g/mol. The first-order chi connectivity index (χ1) is 27.8. The molecule has 0 amide bonds. The molecule has 0 bridgehead atoms. The molecule has 3 aromatic heterocycles. The van der Waals surface area contributed by atoms with E-state index in [9.17, 15) is 0 Å². The number of para-hydroxylation sites is 5. The lowest BCUT2D eigenvalue weighted by Gasteiger charge is -2.28. The minimum atomic E-state index is 0.848. The van der Waals surface area contributed by atoms with Gasteiger partial charge in [-0.1, -0.05) is 127 Å². The zero-order valence-corrected chi connectivity index (χ0v) is 30.2. The summed E-state index contributed by atoms with van der Waals surface area (Å²) < 4.78 is 15.5. The molecule has 12 aromatic rings. The summed E-state index contributed by atoms with van der Waals surface area (Å²) in [6.07, 6.45) is 0. The largest absolute Gasteiger partial charge is 0.456 e. The summed E-state index contributed by atoms with van der Waals surface area (Å²) in [5.41, 5.74) is 12.3. The number of rotatable bonds is 5.